The van der Waals surface area contributed by atoms with E-state index in [1.54, 1.807) is 0 Å². The van der Waals surface area contributed by atoms with Gasteiger partial charge in [0.15, 0.2) is 5.82 Å². The highest BCUT2D eigenvalue weighted by atomic mass is 16.5. The van der Waals surface area contributed by atoms with Gasteiger partial charge in [-0.1, -0.05) is 19.0 Å². The third-order valence-corrected chi connectivity index (χ3v) is 4.92. The van der Waals surface area contributed by atoms with Gasteiger partial charge in [-0.15, -0.1) is 0 Å². The zero-order chi connectivity index (χ0) is 13.6. The molecule has 2 N–H and O–H groups in total. The SMILES string of the molecule is CC(C)C(N)c1nc(C2CC3CCC(C2)N3C)no1. The van der Waals surface area contributed by atoms with Crippen molar-refractivity contribution in [3.05, 3.63) is 11.7 Å². The second-order valence-corrected chi connectivity index (χ2v) is 6.48. The fourth-order valence-corrected chi connectivity index (χ4v) is 3.46. The lowest BCUT2D eigenvalue weighted by Crippen LogP contribution is -2.39. The van der Waals surface area contributed by atoms with Crippen molar-refractivity contribution in [1.29, 1.82) is 0 Å². The fraction of sp³-hybridized carbons (Fsp3) is 0.857. The fourth-order valence-electron chi connectivity index (χ4n) is 3.46. The van der Waals surface area contributed by atoms with E-state index in [1.807, 2.05) is 0 Å². The molecular formula is C14H24N4O. The molecule has 5 heteroatoms. The van der Waals surface area contributed by atoms with E-state index in [1.165, 1.54) is 12.8 Å². The van der Waals surface area contributed by atoms with Crippen molar-refractivity contribution in [2.24, 2.45) is 11.7 Å². The summed E-state index contributed by atoms with van der Waals surface area (Å²) in [4.78, 5) is 7.08. The molecule has 0 saturated carbocycles. The molecule has 3 unspecified atom stereocenters. The monoisotopic (exact) mass is 264 g/mol. The summed E-state index contributed by atoms with van der Waals surface area (Å²) >= 11 is 0. The van der Waals surface area contributed by atoms with Crippen LogP contribution in [0.1, 0.15) is 63.2 Å². The average molecular weight is 264 g/mol. The Bertz CT molecular complexity index is 430. The summed E-state index contributed by atoms with van der Waals surface area (Å²) in [5.74, 6) is 2.24. The first-order valence-corrected chi connectivity index (χ1v) is 7.37. The Morgan fingerprint density at radius 3 is 2.47 bits per heavy atom. The molecule has 2 saturated heterocycles. The van der Waals surface area contributed by atoms with Crippen molar-refractivity contribution in [2.45, 2.75) is 63.6 Å². The second kappa shape index (κ2) is 4.87. The molecule has 19 heavy (non-hydrogen) atoms. The Balaban J connectivity index is 1.74. The number of piperidine rings is 1. The highest BCUT2D eigenvalue weighted by Gasteiger charge is 2.40. The first kappa shape index (κ1) is 13.1. The summed E-state index contributed by atoms with van der Waals surface area (Å²) in [6.07, 6.45) is 4.94. The van der Waals surface area contributed by atoms with Crippen LogP contribution >= 0.6 is 0 Å². The van der Waals surface area contributed by atoms with Gasteiger partial charge in [-0.05, 0) is 38.6 Å². The Labute approximate surface area is 114 Å². The molecular weight excluding hydrogens is 240 g/mol. The molecule has 0 aromatic carbocycles. The van der Waals surface area contributed by atoms with Crippen LogP contribution in [0.25, 0.3) is 0 Å². The standard InChI is InChI=1S/C14H24N4O/c1-8(2)12(15)14-16-13(17-19-14)9-6-10-4-5-11(7-9)18(10)3/h8-12H,4-7,15H2,1-3H3. The molecule has 5 nitrogen and oxygen atoms in total. The first-order valence-electron chi connectivity index (χ1n) is 7.37. The summed E-state index contributed by atoms with van der Waals surface area (Å²) in [6, 6.07) is 1.25. The number of rotatable bonds is 3. The molecule has 0 spiro atoms. The average Bonchev–Trinajstić information content (AvgIpc) is 2.92. The smallest absolute Gasteiger partial charge is 0.243 e. The van der Waals surface area contributed by atoms with Crippen LogP contribution in [0, 0.1) is 5.92 Å². The van der Waals surface area contributed by atoms with Gasteiger partial charge in [0.2, 0.25) is 5.89 Å². The van der Waals surface area contributed by atoms with E-state index in [9.17, 15) is 0 Å². The number of hydrogen-bond donors (Lipinski definition) is 1. The Morgan fingerprint density at radius 1 is 1.26 bits per heavy atom. The number of aromatic nitrogens is 2. The van der Waals surface area contributed by atoms with Crippen molar-refractivity contribution < 1.29 is 4.52 Å². The van der Waals surface area contributed by atoms with Crippen molar-refractivity contribution in [1.82, 2.24) is 15.0 Å². The van der Waals surface area contributed by atoms with Crippen LogP contribution in [0.15, 0.2) is 4.52 Å². The zero-order valence-corrected chi connectivity index (χ0v) is 12.0. The Kier molecular flexibility index (Phi) is 3.35. The quantitative estimate of drug-likeness (QED) is 0.905. The minimum atomic E-state index is -0.149. The molecule has 0 radical (unpaired) electrons. The lowest BCUT2D eigenvalue weighted by Gasteiger charge is -2.34. The number of nitrogens with zero attached hydrogens (tertiary/aromatic N) is 3. The van der Waals surface area contributed by atoms with Gasteiger partial charge in [0.05, 0.1) is 6.04 Å². The van der Waals surface area contributed by atoms with Crippen LogP contribution in [-0.2, 0) is 0 Å². The maximum atomic E-state index is 6.07. The van der Waals surface area contributed by atoms with E-state index in [4.69, 9.17) is 10.3 Å². The normalized spacial score (nSPS) is 33.0. The summed E-state index contributed by atoms with van der Waals surface area (Å²) in [5, 5.41) is 4.18. The van der Waals surface area contributed by atoms with Gasteiger partial charge < -0.3 is 15.2 Å². The lowest BCUT2D eigenvalue weighted by atomic mass is 9.90. The van der Waals surface area contributed by atoms with Crippen molar-refractivity contribution in [2.75, 3.05) is 7.05 Å². The van der Waals surface area contributed by atoms with Gasteiger partial charge in [0, 0.05) is 18.0 Å². The molecule has 2 aliphatic heterocycles. The van der Waals surface area contributed by atoms with Crippen LogP contribution in [0.3, 0.4) is 0 Å². The number of fused-ring (bicyclic) bond motifs is 2. The summed E-state index contributed by atoms with van der Waals surface area (Å²) in [5.41, 5.74) is 6.07. The highest BCUT2D eigenvalue weighted by Crippen LogP contribution is 2.41. The molecule has 1 aromatic rings. The minimum absolute atomic E-state index is 0.149. The van der Waals surface area contributed by atoms with E-state index in [2.05, 4.69) is 35.9 Å². The maximum absolute atomic E-state index is 6.07. The molecule has 2 fully saturated rings. The molecule has 3 heterocycles. The predicted octanol–water partition coefficient (Wildman–Crippen LogP) is 2.07. The molecule has 1 aromatic heterocycles. The van der Waals surface area contributed by atoms with Crippen molar-refractivity contribution in [3.8, 4) is 0 Å². The molecule has 3 atom stereocenters. The summed E-state index contributed by atoms with van der Waals surface area (Å²) < 4.78 is 5.36. The largest absolute Gasteiger partial charge is 0.338 e. The molecule has 2 aliphatic rings. The molecule has 3 rings (SSSR count). The van der Waals surface area contributed by atoms with Gasteiger partial charge in [-0.2, -0.15) is 4.98 Å². The predicted molar refractivity (Wildman–Crippen MR) is 72.6 cm³/mol. The third-order valence-electron chi connectivity index (χ3n) is 4.92. The van der Waals surface area contributed by atoms with E-state index >= 15 is 0 Å². The molecule has 2 bridgehead atoms. The van der Waals surface area contributed by atoms with Crippen molar-refractivity contribution in [3.63, 3.8) is 0 Å². The minimum Gasteiger partial charge on any atom is -0.338 e. The maximum Gasteiger partial charge on any atom is 0.243 e. The number of nitrogens with two attached hydrogens (primary N) is 1. The third kappa shape index (κ3) is 2.30. The van der Waals surface area contributed by atoms with Crippen molar-refractivity contribution >= 4 is 0 Å². The van der Waals surface area contributed by atoms with Crippen LogP contribution in [-0.4, -0.2) is 34.2 Å². The van der Waals surface area contributed by atoms with E-state index in [-0.39, 0.29) is 6.04 Å². The van der Waals surface area contributed by atoms with Crippen LogP contribution in [0.2, 0.25) is 0 Å². The first-order chi connectivity index (χ1) is 9.06. The number of hydrogen-bond acceptors (Lipinski definition) is 5. The van der Waals surface area contributed by atoms with E-state index < -0.39 is 0 Å². The summed E-state index contributed by atoms with van der Waals surface area (Å²) in [7, 11) is 2.24. The molecule has 106 valence electrons. The topological polar surface area (TPSA) is 68.2 Å². The lowest BCUT2D eigenvalue weighted by molar-refractivity contribution is 0.157. The van der Waals surface area contributed by atoms with Gasteiger partial charge in [-0.25, -0.2) is 0 Å². The zero-order valence-electron chi connectivity index (χ0n) is 12.0. The molecule has 0 amide bonds. The Hall–Kier alpha value is -0.940. The Morgan fingerprint density at radius 2 is 1.89 bits per heavy atom. The second-order valence-electron chi connectivity index (χ2n) is 6.48. The van der Waals surface area contributed by atoms with Gasteiger partial charge in [0.25, 0.3) is 0 Å². The summed E-state index contributed by atoms with van der Waals surface area (Å²) in [6.45, 7) is 4.15. The van der Waals surface area contributed by atoms with E-state index in [0.29, 0.717) is 29.8 Å². The van der Waals surface area contributed by atoms with Gasteiger partial charge in [-0.3, -0.25) is 0 Å². The van der Waals surface area contributed by atoms with E-state index in [0.717, 1.165) is 18.7 Å². The van der Waals surface area contributed by atoms with Gasteiger partial charge >= 0.3 is 0 Å². The highest BCUT2D eigenvalue weighted by molar-refractivity contribution is 5.06. The van der Waals surface area contributed by atoms with Crippen LogP contribution in [0.4, 0.5) is 0 Å². The van der Waals surface area contributed by atoms with Crippen LogP contribution in [0.5, 0.6) is 0 Å². The molecule has 0 aliphatic carbocycles. The van der Waals surface area contributed by atoms with Gasteiger partial charge in [0.1, 0.15) is 0 Å². The van der Waals surface area contributed by atoms with Crippen LogP contribution < -0.4 is 5.73 Å².